The Morgan fingerprint density at radius 1 is 1.00 bits per heavy atom. The molecule has 0 bridgehead atoms. The highest BCUT2D eigenvalue weighted by Gasteiger charge is 2.26. The van der Waals surface area contributed by atoms with Crippen molar-refractivity contribution in [3.05, 3.63) is 64.7 Å². The molecule has 1 aliphatic rings. The van der Waals surface area contributed by atoms with Gasteiger partial charge >= 0.3 is 0 Å². The van der Waals surface area contributed by atoms with E-state index in [0.29, 0.717) is 6.04 Å². The molecule has 2 heterocycles. The Labute approximate surface area is 167 Å². The number of pyridine rings is 1. The number of amides is 1. The summed E-state index contributed by atoms with van der Waals surface area (Å²) in [6, 6.07) is 14.8. The Bertz CT molecular complexity index is 1050. The molecule has 1 amide bonds. The van der Waals surface area contributed by atoms with Gasteiger partial charge in [0.2, 0.25) is 0 Å². The second-order valence-electron chi connectivity index (χ2n) is 8.17. The summed E-state index contributed by atoms with van der Waals surface area (Å²) >= 11 is 0. The van der Waals surface area contributed by atoms with E-state index >= 15 is 0 Å². The molecule has 1 aliphatic heterocycles. The van der Waals surface area contributed by atoms with E-state index in [1.54, 1.807) is 0 Å². The molecule has 4 rings (SSSR count). The van der Waals surface area contributed by atoms with Crippen LogP contribution < -0.4 is 0 Å². The molecule has 0 aliphatic carbocycles. The number of aromatic nitrogens is 1. The molecule has 2 aromatic carbocycles. The Hall–Kier alpha value is -2.68. The lowest BCUT2D eigenvalue weighted by Gasteiger charge is -2.33. The molecule has 3 nitrogen and oxygen atoms in total. The maximum atomic E-state index is 13.5. The number of benzene rings is 2. The SMILES string of the molecule is Cc1ccc(-c2cc(C(=O)N3CCCC[C@@H]3C)c3cccc(C)c3n2)cc1C. The first kappa shape index (κ1) is 18.7. The van der Waals surface area contributed by atoms with Crippen LogP contribution in [-0.2, 0) is 0 Å². The molecule has 0 unspecified atom stereocenters. The van der Waals surface area contributed by atoms with Crippen molar-refractivity contribution >= 4 is 16.8 Å². The van der Waals surface area contributed by atoms with Crippen LogP contribution in [0.5, 0.6) is 0 Å². The Morgan fingerprint density at radius 3 is 2.57 bits per heavy atom. The van der Waals surface area contributed by atoms with Crippen molar-refractivity contribution in [2.45, 2.75) is 53.0 Å². The van der Waals surface area contributed by atoms with Crippen LogP contribution in [0.25, 0.3) is 22.2 Å². The van der Waals surface area contributed by atoms with Crippen LogP contribution in [0, 0.1) is 20.8 Å². The lowest BCUT2D eigenvalue weighted by Crippen LogP contribution is -2.42. The minimum absolute atomic E-state index is 0.135. The zero-order chi connectivity index (χ0) is 19.8. The number of nitrogens with zero attached hydrogens (tertiary/aromatic N) is 2. The van der Waals surface area contributed by atoms with E-state index in [9.17, 15) is 4.79 Å². The van der Waals surface area contributed by atoms with Crippen molar-refractivity contribution in [1.82, 2.24) is 9.88 Å². The number of piperidine rings is 1. The summed E-state index contributed by atoms with van der Waals surface area (Å²) in [7, 11) is 0. The number of carbonyl (C=O) groups excluding carboxylic acids is 1. The van der Waals surface area contributed by atoms with Crippen molar-refractivity contribution in [1.29, 1.82) is 0 Å². The van der Waals surface area contributed by atoms with Crippen LogP contribution >= 0.6 is 0 Å². The standard InChI is InChI=1S/C25H28N2O/c1-16-11-12-20(14-18(16)3)23-15-22(21-10-7-8-17(2)24(21)26-23)25(28)27-13-6-5-9-19(27)4/h7-8,10-12,14-15,19H,5-6,9,13H2,1-4H3/t19-/m0/s1. The number of hydrogen-bond acceptors (Lipinski definition) is 2. The van der Waals surface area contributed by atoms with E-state index in [1.807, 2.05) is 23.1 Å². The highest BCUT2D eigenvalue weighted by atomic mass is 16.2. The van der Waals surface area contributed by atoms with Crippen molar-refractivity contribution in [2.75, 3.05) is 6.54 Å². The van der Waals surface area contributed by atoms with Crippen molar-refractivity contribution in [2.24, 2.45) is 0 Å². The van der Waals surface area contributed by atoms with Crippen molar-refractivity contribution < 1.29 is 4.79 Å². The van der Waals surface area contributed by atoms with Crippen molar-refractivity contribution in [3.8, 4) is 11.3 Å². The smallest absolute Gasteiger partial charge is 0.254 e. The lowest BCUT2D eigenvalue weighted by atomic mass is 9.97. The summed E-state index contributed by atoms with van der Waals surface area (Å²) in [5.41, 5.74) is 7.23. The normalized spacial score (nSPS) is 17.1. The number of aryl methyl sites for hydroxylation is 3. The highest BCUT2D eigenvalue weighted by Crippen LogP contribution is 2.30. The molecule has 28 heavy (non-hydrogen) atoms. The second kappa shape index (κ2) is 7.38. The van der Waals surface area contributed by atoms with Gasteiger partial charge < -0.3 is 4.90 Å². The number of fused-ring (bicyclic) bond motifs is 1. The zero-order valence-electron chi connectivity index (χ0n) is 17.2. The van der Waals surface area contributed by atoms with E-state index in [1.165, 1.54) is 17.5 Å². The lowest BCUT2D eigenvalue weighted by molar-refractivity contribution is 0.0637. The monoisotopic (exact) mass is 372 g/mol. The van der Waals surface area contributed by atoms with Crippen LogP contribution in [0.15, 0.2) is 42.5 Å². The maximum Gasteiger partial charge on any atom is 0.254 e. The summed E-state index contributed by atoms with van der Waals surface area (Å²) < 4.78 is 0. The van der Waals surface area contributed by atoms with Gasteiger partial charge in [-0.3, -0.25) is 4.79 Å². The van der Waals surface area contributed by atoms with Crippen LogP contribution in [-0.4, -0.2) is 28.4 Å². The fraction of sp³-hybridized carbons (Fsp3) is 0.360. The predicted molar refractivity (Wildman–Crippen MR) is 116 cm³/mol. The first-order valence-electron chi connectivity index (χ1n) is 10.2. The van der Waals surface area contributed by atoms with Gasteiger partial charge in [0.1, 0.15) is 0 Å². The van der Waals surface area contributed by atoms with Gasteiger partial charge in [0.25, 0.3) is 5.91 Å². The van der Waals surface area contributed by atoms with Gasteiger partial charge in [-0.25, -0.2) is 4.98 Å². The quantitative estimate of drug-likeness (QED) is 0.566. The third-order valence-corrected chi connectivity index (χ3v) is 6.14. The van der Waals surface area contributed by atoms with Gasteiger partial charge in [-0.1, -0.05) is 30.3 Å². The van der Waals surface area contributed by atoms with E-state index in [-0.39, 0.29) is 5.91 Å². The molecular formula is C25H28N2O. The average molecular weight is 373 g/mol. The highest BCUT2D eigenvalue weighted by molar-refractivity contribution is 6.08. The van der Waals surface area contributed by atoms with Gasteiger partial charge in [-0.2, -0.15) is 0 Å². The number of carbonyl (C=O) groups is 1. The van der Waals surface area contributed by atoms with E-state index in [0.717, 1.165) is 52.7 Å². The first-order chi connectivity index (χ1) is 13.5. The van der Waals surface area contributed by atoms with Gasteiger partial charge in [-0.05, 0) is 75.8 Å². The minimum atomic E-state index is 0.135. The fourth-order valence-electron chi connectivity index (χ4n) is 4.17. The molecule has 1 atom stereocenters. The van der Waals surface area contributed by atoms with Gasteiger partial charge in [0.05, 0.1) is 16.8 Å². The van der Waals surface area contributed by atoms with Gasteiger partial charge in [-0.15, -0.1) is 0 Å². The average Bonchev–Trinajstić information content (AvgIpc) is 2.69. The second-order valence-corrected chi connectivity index (χ2v) is 8.17. The maximum absolute atomic E-state index is 13.5. The molecule has 1 saturated heterocycles. The molecule has 3 heteroatoms. The summed E-state index contributed by atoms with van der Waals surface area (Å²) in [6.45, 7) is 9.30. The molecule has 0 saturated carbocycles. The molecular weight excluding hydrogens is 344 g/mol. The number of rotatable bonds is 2. The van der Waals surface area contributed by atoms with Crippen molar-refractivity contribution in [3.63, 3.8) is 0 Å². The van der Waals surface area contributed by atoms with Crippen LogP contribution in [0.3, 0.4) is 0 Å². The molecule has 1 aromatic heterocycles. The molecule has 0 N–H and O–H groups in total. The predicted octanol–water partition coefficient (Wildman–Crippen LogP) is 5.84. The topological polar surface area (TPSA) is 33.2 Å². The number of hydrogen-bond donors (Lipinski definition) is 0. The summed E-state index contributed by atoms with van der Waals surface area (Å²) in [5.74, 6) is 0.135. The molecule has 0 spiro atoms. The largest absolute Gasteiger partial charge is 0.336 e. The number of para-hydroxylation sites is 1. The third kappa shape index (κ3) is 3.30. The Kier molecular flexibility index (Phi) is 4.92. The molecule has 1 fully saturated rings. The summed E-state index contributed by atoms with van der Waals surface area (Å²) in [4.78, 5) is 20.5. The Morgan fingerprint density at radius 2 is 1.82 bits per heavy atom. The van der Waals surface area contributed by atoms with Gasteiger partial charge in [0.15, 0.2) is 0 Å². The third-order valence-electron chi connectivity index (χ3n) is 6.14. The molecule has 0 radical (unpaired) electrons. The number of likely N-dealkylation sites (tertiary alicyclic amines) is 1. The zero-order valence-corrected chi connectivity index (χ0v) is 17.2. The van der Waals surface area contributed by atoms with Gasteiger partial charge in [0, 0.05) is 23.5 Å². The van der Waals surface area contributed by atoms with E-state index in [2.05, 4.69) is 52.0 Å². The fourth-order valence-corrected chi connectivity index (χ4v) is 4.17. The van der Waals surface area contributed by atoms with Crippen LogP contribution in [0.1, 0.15) is 53.2 Å². The van der Waals surface area contributed by atoms with Crippen LogP contribution in [0.2, 0.25) is 0 Å². The molecule has 144 valence electrons. The molecule has 3 aromatic rings. The van der Waals surface area contributed by atoms with E-state index < -0.39 is 0 Å². The van der Waals surface area contributed by atoms with Crippen LogP contribution in [0.4, 0.5) is 0 Å². The minimum Gasteiger partial charge on any atom is -0.336 e. The first-order valence-corrected chi connectivity index (χ1v) is 10.2. The van der Waals surface area contributed by atoms with E-state index in [4.69, 9.17) is 4.98 Å². The summed E-state index contributed by atoms with van der Waals surface area (Å²) in [6.07, 6.45) is 3.37. The summed E-state index contributed by atoms with van der Waals surface area (Å²) in [5, 5.41) is 0.954. The Balaban J connectivity index is 1.90.